The highest BCUT2D eigenvalue weighted by atomic mass is 16.5. The van der Waals surface area contributed by atoms with Crippen LogP contribution in [0.25, 0.3) is 0 Å². The number of terminal acetylenes is 1. The number of benzene rings is 1. The second kappa shape index (κ2) is 4.31. The molecule has 0 unspecified atom stereocenters. The van der Waals surface area contributed by atoms with Crippen molar-refractivity contribution < 1.29 is 14.6 Å². The molecule has 1 N–H and O–H groups in total. The summed E-state index contributed by atoms with van der Waals surface area (Å²) in [5.41, 5.74) is 0.984. The molecule has 1 aromatic rings. The number of rotatable bonds is 2. The minimum atomic E-state index is -1.06. The molecular weight excluding hydrogens is 216 g/mol. The van der Waals surface area contributed by atoms with Crippen LogP contribution in [-0.2, 0) is 12.8 Å². The molecule has 0 amide bonds. The van der Waals surface area contributed by atoms with Gasteiger partial charge in [0.05, 0.1) is 14.2 Å². The van der Waals surface area contributed by atoms with Gasteiger partial charge in [-0.05, 0) is 25.0 Å². The van der Waals surface area contributed by atoms with Crippen LogP contribution in [0.2, 0.25) is 0 Å². The summed E-state index contributed by atoms with van der Waals surface area (Å²) in [5.74, 6) is 4.06. The summed E-state index contributed by atoms with van der Waals surface area (Å²) >= 11 is 0. The van der Waals surface area contributed by atoms with Crippen molar-refractivity contribution in [2.75, 3.05) is 14.2 Å². The Morgan fingerprint density at radius 3 is 2.35 bits per heavy atom. The Balaban J connectivity index is 2.52. The third-order valence-corrected chi connectivity index (χ3v) is 3.31. The lowest BCUT2D eigenvalue weighted by Crippen LogP contribution is -2.34. The first kappa shape index (κ1) is 11.8. The average molecular weight is 232 g/mol. The van der Waals surface area contributed by atoms with E-state index in [1.54, 1.807) is 14.2 Å². The van der Waals surface area contributed by atoms with E-state index in [1.807, 2.05) is 12.1 Å². The van der Waals surface area contributed by atoms with E-state index in [9.17, 15) is 5.11 Å². The standard InChI is InChI=1S/C14H16O3/c1-4-14(15)8-7-10-11(9-14)13(17-3)6-5-12(10)16-2/h1,5-6,15H,7-9H2,2-3H3/t14-/m1/s1. The van der Waals surface area contributed by atoms with Crippen molar-refractivity contribution in [1.82, 2.24) is 0 Å². The molecule has 1 aliphatic rings. The monoisotopic (exact) mass is 232 g/mol. The molecule has 0 saturated heterocycles. The van der Waals surface area contributed by atoms with Crippen molar-refractivity contribution in [3.8, 4) is 23.8 Å². The van der Waals surface area contributed by atoms with Gasteiger partial charge in [-0.2, -0.15) is 0 Å². The summed E-state index contributed by atoms with van der Waals surface area (Å²) in [6.45, 7) is 0. The van der Waals surface area contributed by atoms with Gasteiger partial charge in [-0.3, -0.25) is 0 Å². The van der Waals surface area contributed by atoms with Gasteiger partial charge in [-0.25, -0.2) is 0 Å². The molecule has 0 aromatic heterocycles. The molecule has 1 atom stereocenters. The first-order valence-electron chi connectivity index (χ1n) is 5.56. The van der Waals surface area contributed by atoms with Crippen LogP contribution in [0.4, 0.5) is 0 Å². The largest absolute Gasteiger partial charge is 0.496 e. The maximum absolute atomic E-state index is 10.2. The minimum absolute atomic E-state index is 0.416. The van der Waals surface area contributed by atoms with E-state index in [4.69, 9.17) is 15.9 Å². The molecule has 0 aliphatic heterocycles. The fourth-order valence-electron chi connectivity index (χ4n) is 2.34. The summed E-state index contributed by atoms with van der Waals surface area (Å²) in [6, 6.07) is 3.73. The lowest BCUT2D eigenvalue weighted by molar-refractivity contribution is 0.0850. The Kier molecular flexibility index (Phi) is 2.99. The molecule has 0 heterocycles. The zero-order valence-corrected chi connectivity index (χ0v) is 10.1. The van der Waals surface area contributed by atoms with Gasteiger partial charge in [0.1, 0.15) is 17.1 Å². The van der Waals surface area contributed by atoms with Crippen molar-refractivity contribution >= 4 is 0 Å². The maximum Gasteiger partial charge on any atom is 0.129 e. The highest BCUT2D eigenvalue weighted by molar-refractivity contribution is 5.51. The number of methoxy groups -OCH3 is 2. The van der Waals surface area contributed by atoms with Gasteiger partial charge in [0, 0.05) is 17.5 Å². The number of aliphatic hydroxyl groups is 1. The topological polar surface area (TPSA) is 38.7 Å². The summed E-state index contributed by atoms with van der Waals surface area (Å²) in [5, 5.41) is 10.2. The van der Waals surface area contributed by atoms with Gasteiger partial charge in [0.25, 0.3) is 0 Å². The lowest BCUT2D eigenvalue weighted by atomic mass is 9.80. The predicted octanol–water partition coefficient (Wildman–Crippen LogP) is 1.56. The van der Waals surface area contributed by atoms with Crippen LogP contribution in [0, 0.1) is 12.3 Å². The first-order valence-corrected chi connectivity index (χ1v) is 5.56. The quantitative estimate of drug-likeness (QED) is 0.786. The molecular formula is C14H16O3. The number of ether oxygens (including phenoxy) is 2. The van der Waals surface area contributed by atoms with Crippen LogP contribution in [0.1, 0.15) is 17.5 Å². The molecule has 90 valence electrons. The van der Waals surface area contributed by atoms with Crippen LogP contribution < -0.4 is 9.47 Å². The van der Waals surface area contributed by atoms with Crippen molar-refractivity contribution in [3.05, 3.63) is 23.3 Å². The highest BCUT2D eigenvalue weighted by Crippen LogP contribution is 2.39. The fourth-order valence-corrected chi connectivity index (χ4v) is 2.34. The van der Waals surface area contributed by atoms with E-state index in [-0.39, 0.29) is 0 Å². The molecule has 3 nitrogen and oxygen atoms in total. The molecule has 3 heteroatoms. The Morgan fingerprint density at radius 2 is 1.82 bits per heavy atom. The van der Waals surface area contributed by atoms with Gasteiger partial charge in [0.15, 0.2) is 0 Å². The van der Waals surface area contributed by atoms with Crippen molar-refractivity contribution in [1.29, 1.82) is 0 Å². The third kappa shape index (κ3) is 1.96. The maximum atomic E-state index is 10.2. The zero-order valence-electron chi connectivity index (χ0n) is 10.1. The molecule has 0 fully saturated rings. The van der Waals surface area contributed by atoms with Crippen LogP contribution in [-0.4, -0.2) is 24.9 Å². The third-order valence-electron chi connectivity index (χ3n) is 3.31. The Hall–Kier alpha value is -1.66. The summed E-state index contributed by atoms with van der Waals surface area (Å²) in [6.07, 6.45) is 7.06. The van der Waals surface area contributed by atoms with Crippen LogP contribution in [0.3, 0.4) is 0 Å². The summed E-state index contributed by atoms with van der Waals surface area (Å²) in [4.78, 5) is 0. The Morgan fingerprint density at radius 1 is 1.24 bits per heavy atom. The number of hydrogen-bond acceptors (Lipinski definition) is 3. The second-order valence-corrected chi connectivity index (χ2v) is 4.28. The van der Waals surface area contributed by atoms with Crippen molar-refractivity contribution in [3.63, 3.8) is 0 Å². The lowest BCUT2D eigenvalue weighted by Gasteiger charge is -2.30. The molecule has 1 aliphatic carbocycles. The molecule has 17 heavy (non-hydrogen) atoms. The first-order chi connectivity index (χ1) is 8.13. The number of fused-ring (bicyclic) bond motifs is 1. The van der Waals surface area contributed by atoms with E-state index in [0.29, 0.717) is 19.3 Å². The smallest absolute Gasteiger partial charge is 0.129 e. The van der Waals surface area contributed by atoms with E-state index >= 15 is 0 Å². The van der Waals surface area contributed by atoms with Crippen LogP contribution >= 0.6 is 0 Å². The molecule has 1 aromatic carbocycles. The van der Waals surface area contributed by atoms with Gasteiger partial charge in [0.2, 0.25) is 0 Å². The normalized spacial score (nSPS) is 22.5. The highest BCUT2D eigenvalue weighted by Gasteiger charge is 2.33. The molecule has 0 bridgehead atoms. The Labute approximate surface area is 101 Å². The molecule has 0 spiro atoms. The molecule has 2 rings (SSSR count). The zero-order chi connectivity index (χ0) is 12.5. The fraction of sp³-hybridized carbons (Fsp3) is 0.429. The summed E-state index contributed by atoms with van der Waals surface area (Å²) in [7, 11) is 3.26. The van der Waals surface area contributed by atoms with E-state index in [2.05, 4.69) is 5.92 Å². The minimum Gasteiger partial charge on any atom is -0.496 e. The van der Waals surface area contributed by atoms with Crippen molar-refractivity contribution in [2.45, 2.75) is 24.9 Å². The van der Waals surface area contributed by atoms with Gasteiger partial charge >= 0.3 is 0 Å². The van der Waals surface area contributed by atoms with Crippen LogP contribution in [0.15, 0.2) is 12.1 Å². The Bertz CT molecular complexity index is 473. The van der Waals surface area contributed by atoms with E-state index in [1.165, 1.54) is 0 Å². The van der Waals surface area contributed by atoms with Crippen LogP contribution in [0.5, 0.6) is 11.5 Å². The van der Waals surface area contributed by atoms with Gasteiger partial charge in [-0.1, -0.05) is 5.92 Å². The average Bonchev–Trinajstić information content (AvgIpc) is 2.37. The van der Waals surface area contributed by atoms with E-state index in [0.717, 1.165) is 22.6 Å². The van der Waals surface area contributed by atoms with Crippen molar-refractivity contribution in [2.24, 2.45) is 0 Å². The second-order valence-electron chi connectivity index (χ2n) is 4.28. The van der Waals surface area contributed by atoms with E-state index < -0.39 is 5.60 Å². The summed E-state index contributed by atoms with van der Waals surface area (Å²) < 4.78 is 10.6. The molecule has 0 radical (unpaired) electrons. The SMILES string of the molecule is C#C[C@@]1(O)CCc2c(OC)ccc(OC)c2C1. The number of hydrogen-bond donors (Lipinski definition) is 1. The van der Waals surface area contributed by atoms with Gasteiger partial charge in [-0.15, -0.1) is 6.42 Å². The van der Waals surface area contributed by atoms with Gasteiger partial charge < -0.3 is 14.6 Å². The molecule has 0 saturated carbocycles. The predicted molar refractivity (Wildman–Crippen MR) is 65.4 cm³/mol.